The lowest BCUT2D eigenvalue weighted by Gasteiger charge is -2.27. The molecule has 1 heterocycles. The van der Waals surface area contributed by atoms with Gasteiger partial charge in [-0.25, -0.2) is 0 Å². The van der Waals surface area contributed by atoms with E-state index in [0.717, 1.165) is 19.6 Å². The summed E-state index contributed by atoms with van der Waals surface area (Å²) in [7, 11) is 0. The number of rotatable bonds is 5. The zero-order valence-corrected chi connectivity index (χ0v) is 12.5. The lowest BCUT2D eigenvalue weighted by molar-refractivity contribution is 0.0970. The van der Waals surface area contributed by atoms with Gasteiger partial charge in [-0.1, -0.05) is 30.3 Å². The predicted molar refractivity (Wildman–Crippen MR) is 80.5 cm³/mol. The zero-order valence-electron chi connectivity index (χ0n) is 12.5. The van der Waals surface area contributed by atoms with Crippen LogP contribution >= 0.6 is 0 Å². The highest BCUT2D eigenvalue weighted by Crippen LogP contribution is 2.27. The monoisotopic (exact) mass is 261 g/mol. The van der Waals surface area contributed by atoms with Gasteiger partial charge in [0.2, 0.25) is 0 Å². The van der Waals surface area contributed by atoms with Gasteiger partial charge < -0.3 is 10.1 Å². The second kappa shape index (κ2) is 6.53. The third-order valence-electron chi connectivity index (χ3n) is 3.72. The van der Waals surface area contributed by atoms with Crippen LogP contribution in [0.25, 0.3) is 0 Å². The summed E-state index contributed by atoms with van der Waals surface area (Å²) in [5.74, 6) is 0.545. The fraction of sp³-hybridized carbons (Fsp3) is 0.647. The highest BCUT2D eigenvalue weighted by Gasteiger charge is 2.23. The molecule has 1 aromatic carbocycles. The number of hydrogen-bond donors (Lipinski definition) is 1. The van der Waals surface area contributed by atoms with Gasteiger partial charge in [0.05, 0.1) is 6.10 Å². The van der Waals surface area contributed by atoms with Crippen molar-refractivity contribution in [3.63, 3.8) is 0 Å². The lowest BCUT2D eigenvalue weighted by Crippen LogP contribution is -2.39. The Balaban J connectivity index is 2.00. The van der Waals surface area contributed by atoms with Crippen molar-refractivity contribution in [2.75, 3.05) is 13.2 Å². The minimum absolute atomic E-state index is 0.170. The Bertz CT molecular complexity index is 363. The molecule has 1 N–H and O–H groups in total. The van der Waals surface area contributed by atoms with Crippen molar-refractivity contribution in [3.8, 4) is 0 Å². The van der Waals surface area contributed by atoms with Crippen molar-refractivity contribution >= 4 is 0 Å². The van der Waals surface area contributed by atoms with Crippen LogP contribution in [0.3, 0.4) is 0 Å². The summed E-state index contributed by atoms with van der Waals surface area (Å²) in [6.45, 7) is 8.63. The Morgan fingerprint density at radius 1 is 1.26 bits per heavy atom. The van der Waals surface area contributed by atoms with E-state index in [1.807, 2.05) is 0 Å². The van der Waals surface area contributed by atoms with Gasteiger partial charge in [-0.15, -0.1) is 0 Å². The normalized spacial score (nSPS) is 21.5. The van der Waals surface area contributed by atoms with Crippen LogP contribution in [0.1, 0.15) is 51.5 Å². The molecule has 1 saturated heterocycles. The molecule has 1 aromatic rings. The molecule has 19 heavy (non-hydrogen) atoms. The van der Waals surface area contributed by atoms with E-state index in [2.05, 4.69) is 56.4 Å². The Morgan fingerprint density at radius 3 is 2.58 bits per heavy atom. The smallest absolute Gasteiger partial charge is 0.0582 e. The standard InChI is InChI=1S/C17H27NO/c1-17(2,3)18-13-15(12-16-10-7-11-19-16)14-8-5-4-6-9-14/h4-6,8-9,15-16,18H,7,10-13H2,1-3H3. The summed E-state index contributed by atoms with van der Waals surface area (Å²) in [5, 5.41) is 3.64. The van der Waals surface area contributed by atoms with Crippen LogP contribution in [0.15, 0.2) is 30.3 Å². The van der Waals surface area contributed by atoms with Gasteiger partial charge in [0.15, 0.2) is 0 Å². The third-order valence-corrected chi connectivity index (χ3v) is 3.72. The van der Waals surface area contributed by atoms with Crippen LogP contribution < -0.4 is 5.32 Å². The first-order valence-corrected chi connectivity index (χ1v) is 7.46. The molecule has 0 aliphatic carbocycles. The van der Waals surface area contributed by atoms with Crippen molar-refractivity contribution in [3.05, 3.63) is 35.9 Å². The second-order valence-corrected chi connectivity index (χ2v) is 6.61. The SMILES string of the molecule is CC(C)(C)NCC(CC1CCCO1)c1ccccc1. The number of ether oxygens (including phenoxy) is 1. The van der Waals surface area contributed by atoms with E-state index in [0.29, 0.717) is 12.0 Å². The Hall–Kier alpha value is -0.860. The lowest BCUT2D eigenvalue weighted by atomic mass is 9.91. The minimum atomic E-state index is 0.170. The van der Waals surface area contributed by atoms with Crippen molar-refractivity contribution < 1.29 is 4.74 Å². The first-order valence-electron chi connectivity index (χ1n) is 7.46. The fourth-order valence-corrected chi connectivity index (χ4v) is 2.64. The van der Waals surface area contributed by atoms with Gasteiger partial charge in [0.1, 0.15) is 0 Å². The summed E-state index contributed by atoms with van der Waals surface area (Å²) in [5.41, 5.74) is 1.60. The van der Waals surface area contributed by atoms with E-state index < -0.39 is 0 Å². The summed E-state index contributed by atoms with van der Waals surface area (Å²) in [4.78, 5) is 0. The van der Waals surface area contributed by atoms with Crippen LogP contribution in [0, 0.1) is 0 Å². The van der Waals surface area contributed by atoms with Gasteiger partial charge in [-0.2, -0.15) is 0 Å². The largest absolute Gasteiger partial charge is 0.378 e. The van der Waals surface area contributed by atoms with Gasteiger partial charge in [0.25, 0.3) is 0 Å². The Kier molecular flexibility index (Phi) is 5.00. The van der Waals surface area contributed by atoms with Crippen molar-refractivity contribution in [1.29, 1.82) is 0 Å². The van der Waals surface area contributed by atoms with E-state index in [1.54, 1.807) is 0 Å². The van der Waals surface area contributed by atoms with Crippen LogP contribution in [0.4, 0.5) is 0 Å². The molecule has 2 unspecified atom stereocenters. The molecule has 0 spiro atoms. The highest BCUT2D eigenvalue weighted by molar-refractivity contribution is 5.20. The number of hydrogen-bond acceptors (Lipinski definition) is 2. The summed E-state index contributed by atoms with van der Waals surface area (Å²) < 4.78 is 5.81. The molecule has 2 nitrogen and oxygen atoms in total. The second-order valence-electron chi connectivity index (χ2n) is 6.61. The first kappa shape index (κ1) is 14.5. The molecular weight excluding hydrogens is 234 g/mol. The topological polar surface area (TPSA) is 21.3 Å². The molecular formula is C17H27NO. The summed E-state index contributed by atoms with van der Waals surface area (Å²) >= 11 is 0. The quantitative estimate of drug-likeness (QED) is 0.872. The third kappa shape index (κ3) is 4.96. The number of nitrogens with one attached hydrogen (secondary N) is 1. The van der Waals surface area contributed by atoms with E-state index in [1.165, 1.54) is 18.4 Å². The van der Waals surface area contributed by atoms with E-state index >= 15 is 0 Å². The van der Waals surface area contributed by atoms with Crippen LogP contribution in [0.2, 0.25) is 0 Å². The minimum Gasteiger partial charge on any atom is -0.378 e. The van der Waals surface area contributed by atoms with Crippen molar-refractivity contribution in [1.82, 2.24) is 5.32 Å². The maximum Gasteiger partial charge on any atom is 0.0582 e. The Labute approximate surface area is 117 Å². The van der Waals surface area contributed by atoms with Gasteiger partial charge >= 0.3 is 0 Å². The van der Waals surface area contributed by atoms with Crippen LogP contribution in [-0.4, -0.2) is 24.8 Å². The van der Waals surface area contributed by atoms with Gasteiger partial charge in [0, 0.05) is 18.7 Å². The van der Waals surface area contributed by atoms with E-state index in [9.17, 15) is 0 Å². The molecule has 2 atom stereocenters. The highest BCUT2D eigenvalue weighted by atomic mass is 16.5. The molecule has 0 aromatic heterocycles. The molecule has 0 amide bonds. The van der Waals surface area contributed by atoms with E-state index in [4.69, 9.17) is 4.74 Å². The fourth-order valence-electron chi connectivity index (χ4n) is 2.64. The molecule has 0 saturated carbocycles. The van der Waals surface area contributed by atoms with E-state index in [-0.39, 0.29) is 5.54 Å². The summed E-state index contributed by atoms with van der Waals surface area (Å²) in [6.07, 6.45) is 4.03. The molecule has 2 rings (SSSR count). The van der Waals surface area contributed by atoms with Gasteiger partial charge in [-0.05, 0) is 51.5 Å². The predicted octanol–water partition coefficient (Wildman–Crippen LogP) is 3.73. The average molecular weight is 261 g/mol. The maximum absolute atomic E-state index is 5.81. The first-order chi connectivity index (χ1) is 9.04. The zero-order chi connectivity index (χ0) is 13.7. The molecule has 1 aliphatic heterocycles. The van der Waals surface area contributed by atoms with Gasteiger partial charge in [-0.3, -0.25) is 0 Å². The number of benzene rings is 1. The Morgan fingerprint density at radius 2 is 2.00 bits per heavy atom. The van der Waals surface area contributed by atoms with Crippen LogP contribution in [0.5, 0.6) is 0 Å². The average Bonchev–Trinajstić information content (AvgIpc) is 2.87. The molecule has 1 fully saturated rings. The summed E-state index contributed by atoms with van der Waals surface area (Å²) in [6, 6.07) is 10.8. The molecule has 106 valence electrons. The molecule has 0 bridgehead atoms. The van der Waals surface area contributed by atoms with Crippen LogP contribution in [-0.2, 0) is 4.74 Å². The molecule has 2 heteroatoms. The molecule has 1 aliphatic rings. The maximum atomic E-state index is 5.81. The molecule has 0 radical (unpaired) electrons. The van der Waals surface area contributed by atoms with Crippen molar-refractivity contribution in [2.24, 2.45) is 0 Å². The van der Waals surface area contributed by atoms with Crippen molar-refractivity contribution in [2.45, 2.75) is 57.6 Å².